The van der Waals surface area contributed by atoms with Gasteiger partial charge in [-0.3, -0.25) is 14.4 Å². The number of ether oxygens (including phenoxy) is 1. The quantitative estimate of drug-likeness (QED) is 0.657. The average Bonchev–Trinajstić information content (AvgIpc) is 3.31. The molecule has 7 nitrogen and oxygen atoms in total. The zero-order valence-corrected chi connectivity index (χ0v) is 16.7. The van der Waals surface area contributed by atoms with Crippen LogP contribution in [0.3, 0.4) is 0 Å². The van der Waals surface area contributed by atoms with Crippen molar-refractivity contribution in [2.24, 2.45) is 5.92 Å². The normalized spacial score (nSPS) is 22.7. The van der Waals surface area contributed by atoms with Crippen LogP contribution in [0.4, 0.5) is 11.4 Å². The van der Waals surface area contributed by atoms with E-state index in [0.717, 1.165) is 11.3 Å². The topological polar surface area (TPSA) is 79.3 Å². The molecule has 31 heavy (non-hydrogen) atoms. The van der Waals surface area contributed by atoms with Crippen molar-refractivity contribution in [3.8, 4) is 11.5 Å². The Labute approximate surface area is 179 Å². The molecule has 3 aromatic rings. The maximum Gasteiger partial charge on any atom is 0.266 e. The molecule has 156 valence electrons. The Hall–Kier alpha value is -3.84. The lowest BCUT2D eigenvalue weighted by Crippen LogP contribution is -2.37. The van der Waals surface area contributed by atoms with Crippen LogP contribution in [0, 0.1) is 5.92 Å². The lowest BCUT2D eigenvalue weighted by Gasteiger charge is -2.28. The summed E-state index contributed by atoms with van der Waals surface area (Å²) in [5, 5.41) is 11.3. The van der Waals surface area contributed by atoms with Gasteiger partial charge in [0.15, 0.2) is 6.10 Å². The van der Waals surface area contributed by atoms with Gasteiger partial charge in [0, 0.05) is 6.07 Å². The molecule has 2 heterocycles. The molecule has 0 saturated carbocycles. The Bertz CT molecular complexity index is 1130. The fourth-order valence-electron chi connectivity index (χ4n) is 4.23. The highest BCUT2D eigenvalue weighted by molar-refractivity contribution is 6.24. The van der Waals surface area contributed by atoms with Crippen LogP contribution in [-0.4, -0.2) is 30.1 Å². The van der Waals surface area contributed by atoms with E-state index in [0.29, 0.717) is 11.4 Å². The Morgan fingerprint density at radius 3 is 2.29 bits per heavy atom. The zero-order chi connectivity index (χ0) is 21.5. The molecule has 5 rings (SSSR count). The van der Waals surface area contributed by atoms with E-state index in [1.54, 1.807) is 53.6 Å². The van der Waals surface area contributed by atoms with E-state index in [9.17, 15) is 14.7 Å². The molecule has 0 bridgehead atoms. The molecule has 0 aromatic heterocycles. The molecule has 0 radical (unpaired) electrons. The van der Waals surface area contributed by atoms with Crippen LogP contribution in [0.1, 0.15) is 11.6 Å². The van der Waals surface area contributed by atoms with Crippen molar-refractivity contribution in [2.45, 2.75) is 12.1 Å². The number of hydrogen-bond acceptors (Lipinski definition) is 6. The number of nitrogens with zero attached hydrogens (tertiary/aromatic N) is 2. The number of anilines is 2. The molecule has 2 aliphatic heterocycles. The number of fused-ring (bicyclic) bond motifs is 1. The van der Waals surface area contributed by atoms with E-state index in [2.05, 4.69) is 0 Å². The number of methoxy groups -OCH3 is 1. The predicted octanol–water partition coefficient (Wildman–Crippen LogP) is 3.45. The Kier molecular flexibility index (Phi) is 4.60. The number of hydrogen-bond donors (Lipinski definition) is 1. The number of phenols is 1. The Balaban J connectivity index is 1.57. The SMILES string of the molecule is COc1cccc(N2C(=O)[C@@H]3[C@H](ON(c4ccccc4)[C@H]3c3ccc(O)cc3)C2=O)c1. The third-order valence-corrected chi connectivity index (χ3v) is 5.67. The molecule has 0 spiro atoms. The van der Waals surface area contributed by atoms with Gasteiger partial charge in [-0.1, -0.05) is 36.4 Å². The van der Waals surface area contributed by atoms with Crippen molar-refractivity contribution in [1.82, 2.24) is 0 Å². The minimum atomic E-state index is -0.947. The fourth-order valence-corrected chi connectivity index (χ4v) is 4.23. The number of rotatable bonds is 4. The van der Waals surface area contributed by atoms with Crippen LogP contribution in [-0.2, 0) is 14.4 Å². The monoisotopic (exact) mass is 416 g/mol. The summed E-state index contributed by atoms with van der Waals surface area (Å²) in [5.74, 6) is -0.803. The van der Waals surface area contributed by atoms with Gasteiger partial charge >= 0.3 is 0 Å². The number of imide groups is 1. The number of phenolic OH excluding ortho intramolecular Hbond substituents is 1. The molecule has 2 fully saturated rings. The predicted molar refractivity (Wildman–Crippen MR) is 114 cm³/mol. The number of amides is 2. The molecule has 7 heteroatoms. The summed E-state index contributed by atoms with van der Waals surface area (Å²) in [6.07, 6.45) is -0.947. The van der Waals surface area contributed by atoms with Gasteiger partial charge in [0.25, 0.3) is 5.91 Å². The highest BCUT2D eigenvalue weighted by Crippen LogP contribution is 2.47. The fraction of sp³-hybridized carbons (Fsp3) is 0.167. The van der Waals surface area contributed by atoms with Crippen LogP contribution >= 0.6 is 0 Å². The minimum absolute atomic E-state index is 0.123. The lowest BCUT2D eigenvalue weighted by atomic mass is 9.90. The van der Waals surface area contributed by atoms with Gasteiger partial charge in [-0.25, -0.2) is 9.96 Å². The molecule has 2 amide bonds. The first-order valence-electron chi connectivity index (χ1n) is 9.90. The van der Waals surface area contributed by atoms with Gasteiger partial charge in [-0.2, -0.15) is 0 Å². The summed E-state index contributed by atoms with van der Waals surface area (Å²) in [6.45, 7) is 0. The molecule has 2 aliphatic rings. The first kappa shape index (κ1) is 19.1. The molecule has 1 N–H and O–H groups in total. The number of carbonyl (C=O) groups excluding carboxylic acids is 2. The highest BCUT2D eigenvalue weighted by Gasteiger charge is 2.60. The molecular formula is C24H20N2O5. The van der Waals surface area contributed by atoms with Gasteiger partial charge in [0.05, 0.1) is 24.5 Å². The van der Waals surface area contributed by atoms with Crippen LogP contribution in [0.5, 0.6) is 11.5 Å². The first-order valence-corrected chi connectivity index (χ1v) is 9.90. The lowest BCUT2D eigenvalue weighted by molar-refractivity contribution is -0.126. The maximum atomic E-state index is 13.5. The van der Waals surface area contributed by atoms with Gasteiger partial charge in [-0.15, -0.1) is 0 Å². The third kappa shape index (κ3) is 3.10. The van der Waals surface area contributed by atoms with E-state index in [1.807, 2.05) is 30.3 Å². The summed E-state index contributed by atoms with van der Waals surface area (Å²) >= 11 is 0. The molecule has 0 unspecified atom stereocenters. The standard InChI is InChI=1S/C24H20N2O5/c1-30-19-9-5-8-17(14-19)25-23(28)20-21(15-10-12-18(27)13-11-15)26(31-22(20)24(25)29)16-6-3-2-4-7-16/h2-14,20-22,27H,1H3/t20-,21-,22-/m0/s1. The summed E-state index contributed by atoms with van der Waals surface area (Å²) in [7, 11) is 1.53. The molecule has 2 saturated heterocycles. The van der Waals surface area contributed by atoms with Gasteiger partial charge in [0.1, 0.15) is 17.4 Å². The van der Waals surface area contributed by atoms with E-state index in [1.165, 1.54) is 12.0 Å². The number of para-hydroxylation sites is 1. The van der Waals surface area contributed by atoms with Gasteiger partial charge in [-0.05, 0) is 42.0 Å². The molecule has 3 aromatic carbocycles. The number of aromatic hydroxyl groups is 1. The van der Waals surface area contributed by atoms with Crippen molar-refractivity contribution in [2.75, 3.05) is 17.1 Å². The first-order chi connectivity index (χ1) is 15.1. The van der Waals surface area contributed by atoms with Crippen LogP contribution in [0.2, 0.25) is 0 Å². The second kappa shape index (κ2) is 7.45. The van der Waals surface area contributed by atoms with Crippen molar-refractivity contribution in [3.63, 3.8) is 0 Å². The summed E-state index contributed by atoms with van der Waals surface area (Å²) in [6, 6.07) is 22.3. The van der Waals surface area contributed by atoms with Crippen molar-refractivity contribution < 1.29 is 24.3 Å². The maximum absolute atomic E-state index is 13.5. The third-order valence-electron chi connectivity index (χ3n) is 5.67. The van der Waals surface area contributed by atoms with Crippen LogP contribution < -0.4 is 14.7 Å². The average molecular weight is 416 g/mol. The second-order valence-electron chi connectivity index (χ2n) is 7.46. The van der Waals surface area contributed by atoms with E-state index in [-0.39, 0.29) is 11.7 Å². The summed E-state index contributed by atoms with van der Waals surface area (Å²) in [5.41, 5.74) is 1.95. The largest absolute Gasteiger partial charge is 0.508 e. The second-order valence-corrected chi connectivity index (χ2v) is 7.46. The van der Waals surface area contributed by atoms with E-state index < -0.39 is 24.0 Å². The van der Waals surface area contributed by atoms with Crippen molar-refractivity contribution in [3.05, 3.63) is 84.4 Å². The van der Waals surface area contributed by atoms with Crippen LogP contribution in [0.25, 0.3) is 0 Å². The number of hydroxylamine groups is 1. The Morgan fingerprint density at radius 1 is 0.871 bits per heavy atom. The van der Waals surface area contributed by atoms with Gasteiger partial charge in [0.2, 0.25) is 5.91 Å². The summed E-state index contributed by atoms with van der Waals surface area (Å²) in [4.78, 5) is 34.1. The van der Waals surface area contributed by atoms with Crippen molar-refractivity contribution in [1.29, 1.82) is 0 Å². The number of benzene rings is 3. The van der Waals surface area contributed by atoms with Crippen LogP contribution in [0.15, 0.2) is 78.9 Å². The minimum Gasteiger partial charge on any atom is -0.508 e. The Morgan fingerprint density at radius 2 is 1.58 bits per heavy atom. The van der Waals surface area contributed by atoms with Crippen molar-refractivity contribution >= 4 is 23.2 Å². The molecule has 3 atom stereocenters. The molecule has 0 aliphatic carbocycles. The van der Waals surface area contributed by atoms with E-state index in [4.69, 9.17) is 9.57 Å². The molecular weight excluding hydrogens is 396 g/mol. The van der Waals surface area contributed by atoms with Gasteiger partial charge < -0.3 is 9.84 Å². The zero-order valence-electron chi connectivity index (χ0n) is 16.7. The smallest absolute Gasteiger partial charge is 0.266 e. The number of carbonyl (C=O) groups is 2. The summed E-state index contributed by atoms with van der Waals surface area (Å²) < 4.78 is 5.24. The highest BCUT2D eigenvalue weighted by atomic mass is 16.7. The van der Waals surface area contributed by atoms with E-state index >= 15 is 0 Å².